The summed E-state index contributed by atoms with van der Waals surface area (Å²) in [5.41, 5.74) is -0.476. The highest BCUT2D eigenvalue weighted by atomic mass is 16.6. The first-order valence-corrected chi connectivity index (χ1v) is 6.13. The number of carbonyl (C=O) groups is 1. The molecule has 2 atom stereocenters. The average Bonchev–Trinajstić information content (AvgIpc) is 2.75. The van der Waals surface area contributed by atoms with Gasteiger partial charge in [-0.25, -0.2) is 9.78 Å². The lowest BCUT2D eigenvalue weighted by molar-refractivity contribution is -0.385. The molecule has 2 rings (SSSR count). The second-order valence-electron chi connectivity index (χ2n) is 4.81. The Morgan fingerprint density at radius 2 is 2.32 bits per heavy atom. The first-order chi connectivity index (χ1) is 8.99. The van der Waals surface area contributed by atoms with Crippen molar-refractivity contribution in [2.75, 3.05) is 5.32 Å². The summed E-state index contributed by atoms with van der Waals surface area (Å²) in [6.07, 6.45) is 4.22. The number of hydrogen-bond donors (Lipinski definition) is 2. The molecule has 2 unspecified atom stereocenters. The molecule has 0 saturated heterocycles. The van der Waals surface area contributed by atoms with Gasteiger partial charge in [0.1, 0.15) is 17.6 Å². The van der Waals surface area contributed by atoms with E-state index >= 15 is 0 Å². The normalized spacial score (nSPS) is 22.2. The van der Waals surface area contributed by atoms with Gasteiger partial charge in [0, 0.05) is 12.1 Å². The van der Waals surface area contributed by atoms with Crippen molar-refractivity contribution in [3.63, 3.8) is 0 Å². The Bertz CT molecular complexity index is 518. The van der Waals surface area contributed by atoms with Crippen molar-refractivity contribution in [1.82, 2.24) is 4.98 Å². The molecule has 7 nitrogen and oxygen atoms in total. The quantitative estimate of drug-likeness (QED) is 0.639. The molecule has 0 aromatic carbocycles. The van der Waals surface area contributed by atoms with Crippen LogP contribution in [-0.4, -0.2) is 27.0 Å². The summed E-state index contributed by atoms with van der Waals surface area (Å²) in [5, 5.41) is 22.8. The van der Waals surface area contributed by atoms with Crippen molar-refractivity contribution in [3.05, 3.63) is 27.9 Å². The summed E-state index contributed by atoms with van der Waals surface area (Å²) in [5.74, 6) is -0.570. The molecule has 1 aliphatic rings. The molecule has 1 aromatic heterocycles. The van der Waals surface area contributed by atoms with Crippen LogP contribution in [0.3, 0.4) is 0 Å². The first-order valence-electron chi connectivity index (χ1n) is 6.13. The van der Waals surface area contributed by atoms with Crippen LogP contribution >= 0.6 is 0 Å². The van der Waals surface area contributed by atoms with E-state index in [1.165, 1.54) is 0 Å². The van der Waals surface area contributed by atoms with Crippen LogP contribution in [0.5, 0.6) is 0 Å². The van der Waals surface area contributed by atoms with Gasteiger partial charge >= 0.3 is 5.97 Å². The Balaban J connectivity index is 2.29. The molecule has 7 heteroatoms. The third kappa shape index (κ3) is 2.81. The van der Waals surface area contributed by atoms with Crippen molar-refractivity contribution in [1.29, 1.82) is 0 Å². The SMILES string of the molecule is CC1CCCC1Nc1ncc([N+](=O)[O-])cc1C(=O)O. The van der Waals surface area contributed by atoms with Gasteiger partial charge in [-0.3, -0.25) is 10.1 Å². The molecule has 19 heavy (non-hydrogen) atoms. The zero-order valence-electron chi connectivity index (χ0n) is 10.5. The van der Waals surface area contributed by atoms with Crippen LogP contribution in [0.2, 0.25) is 0 Å². The smallest absolute Gasteiger partial charge is 0.339 e. The highest BCUT2D eigenvalue weighted by Gasteiger charge is 2.26. The van der Waals surface area contributed by atoms with Crippen LogP contribution in [0.4, 0.5) is 11.5 Å². The van der Waals surface area contributed by atoms with Crippen LogP contribution in [0.25, 0.3) is 0 Å². The van der Waals surface area contributed by atoms with Crippen LogP contribution in [0.15, 0.2) is 12.3 Å². The number of rotatable bonds is 4. The number of nitrogens with one attached hydrogen (secondary N) is 1. The number of nitrogens with zero attached hydrogens (tertiary/aromatic N) is 2. The summed E-state index contributed by atoms with van der Waals surface area (Å²) in [7, 11) is 0. The predicted molar refractivity (Wildman–Crippen MR) is 68.3 cm³/mol. The van der Waals surface area contributed by atoms with Crippen LogP contribution in [0, 0.1) is 16.0 Å². The maximum Gasteiger partial charge on any atom is 0.339 e. The number of aromatic nitrogens is 1. The lowest BCUT2D eigenvalue weighted by Gasteiger charge is -2.18. The zero-order valence-corrected chi connectivity index (χ0v) is 10.5. The van der Waals surface area contributed by atoms with E-state index in [4.69, 9.17) is 5.11 Å². The predicted octanol–water partition coefficient (Wildman–Crippen LogP) is 2.29. The molecule has 0 radical (unpaired) electrons. The lowest BCUT2D eigenvalue weighted by atomic mass is 10.1. The fourth-order valence-corrected chi connectivity index (χ4v) is 2.37. The number of aromatic carboxylic acids is 1. The van der Waals surface area contributed by atoms with Crippen molar-refractivity contribution in [3.8, 4) is 0 Å². The Kier molecular flexibility index (Phi) is 3.64. The minimum absolute atomic E-state index is 0.159. The molecule has 0 amide bonds. The Morgan fingerprint density at radius 3 is 2.84 bits per heavy atom. The minimum atomic E-state index is -1.22. The van der Waals surface area contributed by atoms with Crippen LogP contribution in [0.1, 0.15) is 36.5 Å². The Labute approximate surface area is 109 Å². The van der Waals surface area contributed by atoms with E-state index in [1.54, 1.807) is 0 Å². The fourth-order valence-electron chi connectivity index (χ4n) is 2.37. The van der Waals surface area contributed by atoms with E-state index in [1.807, 2.05) is 0 Å². The van der Waals surface area contributed by atoms with Gasteiger partial charge in [-0.05, 0) is 18.8 Å². The molecule has 0 bridgehead atoms. The van der Waals surface area contributed by atoms with Crippen LogP contribution < -0.4 is 5.32 Å². The van der Waals surface area contributed by atoms with Crippen molar-refractivity contribution >= 4 is 17.5 Å². The van der Waals surface area contributed by atoms with E-state index in [-0.39, 0.29) is 23.1 Å². The maximum atomic E-state index is 11.1. The van der Waals surface area contributed by atoms with E-state index < -0.39 is 10.9 Å². The summed E-state index contributed by atoms with van der Waals surface area (Å²) < 4.78 is 0. The maximum absolute atomic E-state index is 11.1. The van der Waals surface area contributed by atoms with Crippen molar-refractivity contribution in [2.45, 2.75) is 32.2 Å². The van der Waals surface area contributed by atoms with Gasteiger partial charge in [0.15, 0.2) is 0 Å². The van der Waals surface area contributed by atoms with Gasteiger partial charge in [-0.15, -0.1) is 0 Å². The highest BCUT2D eigenvalue weighted by Crippen LogP contribution is 2.29. The molecule has 0 spiro atoms. The molecule has 1 heterocycles. The third-order valence-corrected chi connectivity index (χ3v) is 3.50. The molecule has 1 aromatic rings. The summed E-state index contributed by atoms with van der Waals surface area (Å²) in [4.78, 5) is 25.0. The van der Waals surface area contributed by atoms with Gasteiger partial charge in [-0.1, -0.05) is 13.3 Å². The Morgan fingerprint density at radius 1 is 1.58 bits per heavy atom. The standard InChI is InChI=1S/C12H15N3O4/c1-7-3-2-4-10(7)14-11-9(12(16)17)5-8(6-13-11)15(18)19/h5-7,10H,2-4H2,1H3,(H,13,14)(H,16,17). The first kappa shape index (κ1) is 13.3. The number of carboxylic acids is 1. The number of anilines is 1. The molecule has 0 aliphatic heterocycles. The monoisotopic (exact) mass is 265 g/mol. The second kappa shape index (κ2) is 5.21. The van der Waals surface area contributed by atoms with Crippen molar-refractivity contribution in [2.24, 2.45) is 5.92 Å². The summed E-state index contributed by atoms with van der Waals surface area (Å²) in [6, 6.07) is 1.21. The summed E-state index contributed by atoms with van der Waals surface area (Å²) in [6.45, 7) is 2.09. The van der Waals surface area contributed by atoms with Gasteiger partial charge in [0.2, 0.25) is 0 Å². The highest BCUT2D eigenvalue weighted by molar-refractivity contribution is 5.93. The van der Waals surface area contributed by atoms with Gasteiger partial charge in [-0.2, -0.15) is 0 Å². The average molecular weight is 265 g/mol. The number of pyridine rings is 1. The number of carboxylic acid groups (broad SMARTS) is 1. The topological polar surface area (TPSA) is 105 Å². The van der Waals surface area contributed by atoms with Crippen LogP contribution in [-0.2, 0) is 0 Å². The molecule has 1 fully saturated rings. The van der Waals surface area contributed by atoms with E-state index in [9.17, 15) is 14.9 Å². The second-order valence-corrected chi connectivity index (χ2v) is 4.81. The van der Waals surface area contributed by atoms with Gasteiger partial charge in [0.25, 0.3) is 5.69 Å². The molecule has 102 valence electrons. The van der Waals surface area contributed by atoms with Gasteiger partial charge < -0.3 is 10.4 Å². The summed E-state index contributed by atoms with van der Waals surface area (Å²) >= 11 is 0. The molecule has 1 saturated carbocycles. The molecular formula is C12H15N3O4. The molecule has 1 aliphatic carbocycles. The fraction of sp³-hybridized carbons (Fsp3) is 0.500. The lowest BCUT2D eigenvalue weighted by Crippen LogP contribution is -2.24. The number of hydrogen-bond acceptors (Lipinski definition) is 5. The van der Waals surface area contributed by atoms with E-state index in [2.05, 4.69) is 17.2 Å². The molecular weight excluding hydrogens is 250 g/mol. The van der Waals surface area contributed by atoms with E-state index in [0.29, 0.717) is 5.92 Å². The van der Waals surface area contributed by atoms with E-state index in [0.717, 1.165) is 31.5 Å². The molecule has 2 N–H and O–H groups in total. The van der Waals surface area contributed by atoms with Crippen molar-refractivity contribution < 1.29 is 14.8 Å². The zero-order chi connectivity index (χ0) is 14.0. The number of nitro groups is 1. The largest absolute Gasteiger partial charge is 0.478 e. The van der Waals surface area contributed by atoms with Gasteiger partial charge in [0.05, 0.1) is 4.92 Å². The Hall–Kier alpha value is -2.18. The minimum Gasteiger partial charge on any atom is -0.478 e. The third-order valence-electron chi connectivity index (χ3n) is 3.50.